The van der Waals surface area contributed by atoms with Crippen LogP contribution < -0.4 is 5.32 Å². The summed E-state index contributed by atoms with van der Waals surface area (Å²) in [6, 6.07) is 9.97. The zero-order valence-electron chi connectivity index (χ0n) is 10.7. The van der Waals surface area contributed by atoms with E-state index in [0.29, 0.717) is 18.3 Å². The zero-order valence-corrected chi connectivity index (χ0v) is 11.5. The Hall–Kier alpha value is -1.62. The summed E-state index contributed by atoms with van der Waals surface area (Å²) in [6.07, 6.45) is -0.506. The van der Waals surface area contributed by atoms with Gasteiger partial charge in [0.05, 0.1) is 6.61 Å². The topological polar surface area (TPSA) is 41.6 Å². The maximum atomic E-state index is 11.3. The van der Waals surface area contributed by atoms with Gasteiger partial charge in [-0.15, -0.1) is 0 Å². The van der Waals surface area contributed by atoms with Gasteiger partial charge in [-0.05, 0) is 31.6 Å². The summed E-state index contributed by atoms with van der Waals surface area (Å²) in [7, 11) is 0. The Bertz CT molecular complexity index is 395. The van der Waals surface area contributed by atoms with E-state index in [2.05, 4.69) is 5.32 Å². The molecule has 1 amide bonds. The van der Waals surface area contributed by atoms with Gasteiger partial charge in [0.1, 0.15) is 0 Å². The Labute approximate surface area is 113 Å². The quantitative estimate of drug-likeness (QED) is 0.850. The third-order valence-electron chi connectivity index (χ3n) is 2.37. The number of alkyl carbamates (subject to hydrolysis) is 1. The minimum atomic E-state index is -0.506. The molecule has 0 unspecified atom stereocenters. The van der Waals surface area contributed by atoms with Gasteiger partial charge in [0.25, 0.3) is 0 Å². The van der Waals surface area contributed by atoms with E-state index in [4.69, 9.17) is 17.0 Å². The van der Waals surface area contributed by atoms with E-state index in [1.54, 1.807) is 6.92 Å². The molecule has 0 heterocycles. The molecule has 1 aromatic carbocycles. The Morgan fingerprint density at radius 3 is 2.56 bits per heavy atom. The predicted molar refractivity (Wildman–Crippen MR) is 75.3 cm³/mol. The number of benzene rings is 1. The Kier molecular flexibility index (Phi) is 6.14. The van der Waals surface area contributed by atoms with Crippen LogP contribution in [0.25, 0.3) is 0 Å². The monoisotopic (exact) mass is 266 g/mol. The lowest BCUT2D eigenvalue weighted by atomic mass is 10.2. The molecule has 5 heteroatoms. The second-order valence-corrected chi connectivity index (χ2v) is 4.04. The lowest BCUT2D eigenvalue weighted by Gasteiger charge is -2.23. The van der Waals surface area contributed by atoms with Crippen LogP contribution in [0.4, 0.5) is 4.79 Å². The summed E-state index contributed by atoms with van der Waals surface area (Å²) in [4.78, 5) is 13.2. The molecule has 0 aromatic heterocycles. The van der Waals surface area contributed by atoms with Gasteiger partial charge in [0.2, 0.25) is 0 Å². The van der Waals surface area contributed by atoms with Crippen LogP contribution in [0.15, 0.2) is 30.3 Å². The minimum Gasteiger partial charge on any atom is -0.450 e. The molecule has 0 fully saturated rings. The highest BCUT2D eigenvalue weighted by molar-refractivity contribution is 7.80. The van der Waals surface area contributed by atoms with Crippen molar-refractivity contribution in [2.45, 2.75) is 20.4 Å². The number of nitrogens with one attached hydrogen (secondary N) is 1. The molecule has 18 heavy (non-hydrogen) atoms. The molecular weight excluding hydrogens is 248 g/mol. The number of ether oxygens (including phenoxy) is 1. The number of hydrogen-bond donors (Lipinski definition) is 1. The van der Waals surface area contributed by atoms with E-state index >= 15 is 0 Å². The fourth-order valence-corrected chi connectivity index (χ4v) is 1.74. The third kappa shape index (κ3) is 4.71. The highest BCUT2D eigenvalue weighted by Gasteiger charge is 2.11. The fraction of sp³-hybridized carbons (Fsp3) is 0.385. The number of thiocarbonyl (C=S) groups is 1. The lowest BCUT2D eigenvalue weighted by molar-refractivity contribution is 0.156. The van der Waals surface area contributed by atoms with Crippen LogP contribution in [0.5, 0.6) is 0 Å². The van der Waals surface area contributed by atoms with Crippen molar-refractivity contribution in [3.8, 4) is 0 Å². The normalized spacial score (nSPS) is 9.67. The lowest BCUT2D eigenvalue weighted by Crippen LogP contribution is -2.42. The van der Waals surface area contributed by atoms with Crippen molar-refractivity contribution >= 4 is 23.4 Å². The largest absolute Gasteiger partial charge is 0.450 e. The first kappa shape index (κ1) is 14.4. The van der Waals surface area contributed by atoms with Crippen molar-refractivity contribution in [1.82, 2.24) is 10.2 Å². The van der Waals surface area contributed by atoms with Gasteiger partial charge in [-0.1, -0.05) is 30.3 Å². The molecule has 0 bridgehead atoms. The molecule has 0 atom stereocenters. The summed E-state index contributed by atoms with van der Waals surface area (Å²) in [5.74, 6) is 0. The molecule has 1 rings (SSSR count). The van der Waals surface area contributed by atoms with Crippen LogP contribution >= 0.6 is 12.2 Å². The minimum absolute atomic E-state index is 0.333. The van der Waals surface area contributed by atoms with Crippen LogP contribution in [0.1, 0.15) is 19.4 Å². The van der Waals surface area contributed by atoms with E-state index in [9.17, 15) is 4.79 Å². The first-order chi connectivity index (χ1) is 8.67. The SMILES string of the molecule is CCOC(=O)NC(=S)N(CC)Cc1ccccc1. The summed E-state index contributed by atoms with van der Waals surface area (Å²) in [5, 5.41) is 2.94. The van der Waals surface area contributed by atoms with E-state index in [1.807, 2.05) is 42.2 Å². The standard InChI is InChI=1S/C13H18N2O2S/c1-3-15(10-11-8-6-5-7-9-11)12(18)14-13(16)17-4-2/h5-9H,3-4,10H2,1-2H3,(H,14,16,18). The Morgan fingerprint density at radius 1 is 1.33 bits per heavy atom. The van der Waals surface area contributed by atoms with Crippen LogP contribution in [0.3, 0.4) is 0 Å². The van der Waals surface area contributed by atoms with Crippen molar-refractivity contribution in [1.29, 1.82) is 0 Å². The molecule has 1 N–H and O–H groups in total. The van der Waals surface area contributed by atoms with E-state index in [1.165, 1.54) is 0 Å². The predicted octanol–water partition coefficient (Wildman–Crippen LogP) is 2.54. The fourth-order valence-electron chi connectivity index (χ4n) is 1.46. The third-order valence-corrected chi connectivity index (χ3v) is 2.73. The molecule has 0 aliphatic rings. The first-order valence-electron chi connectivity index (χ1n) is 5.94. The Balaban J connectivity index is 2.55. The molecule has 0 spiro atoms. The second-order valence-electron chi connectivity index (χ2n) is 3.65. The smallest absolute Gasteiger partial charge is 0.413 e. The van der Waals surface area contributed by atoms with Crippen molar-refractivity contribution in [3.63, 3.8) is 0 Å². The van der Waals surface area contributed by atoms with Crippen molar-refractivity contribution in [2.75, 3.05) is 13.2 Å². The Morgan fingerprint density at radius 2 is 2.00 bits per heavy atom. The number of amides is 1. The summed E-state index contributed by atoms with van der Waals surface area (Å²) >= 11 is 5.18. The molecule has 4 nitrogen and oxygen atoms in total. The van der Waals surface area contributed by atoms with Gasteiger partial charge < -0.3 is 9.64 Å². The average molecular weight is 266 g/mol. The van der Waals surface area contributed by atoms with Crippen LogP contribution in [-0.2, 0) is 11.3 Å². The molecule has 98 valence electrons. The molecule has 0 aliphatic heterocycles. The van der Waals surface area contributed by atoms with Crippen LogP contribution in [-0.4, -0.2) is 29.3 Å². The molecule has 0 saturated heterocycles. The number of nitrogens with zero attached hydrogens (tertiary/aromatic N) is 1. The number of hydrogen-bond acceptors (Lipinski definition) is 3. The van der Waals surface area contributed by atoms with E-state index < -0.39 is 6.09 Å². The molecular formula is C13H18N2O2S. The molecule has 0 radical (unpaired) electrons. The zero-order chi connectivity index (χ0) is 13.4. The molecule has 0 saturated carbocycles. The summed E-state index contributed by atoms with van der Waals surface area (Å²) < 4.78 is 4.79. The number of carbonyl (C=O) groups is 1. The van der Waals surface area contributed by atoms with Gasteiger partial charge in [0, 0.05) is 13.1 Å². The average Bonchev–Trinajstić information content (AvgIpc) is 2.37. The van der Waals surface area contributed by atoms with Gasteiger partial charge in [-0.25, -0.2) is 4.79 Å². The van der Waals surface area contributed by atoms with E-state index in [0.717, 1.165) is 12.1 Å². The van der Waals surface area contributed by atoms with Gasteiger partial charge in [-0.3, -0.25) is 5.32 Å². The summed E-state index contributed by atoms with van der Waals surface area (Å²) in [6.45, 7) is 5.47. The number of rotatable bonds is 4. The van der Waals surface area contributed by atoms with Crippen molar-refractivity contribution < 1.29 is 9.53 Å². The summed E-state index contributed by atoms with van der Waals surface area (Å²) in [5.41, 5.74) is 1.15. The van der Waals surface area contributed by atoms with Crippen LogP contribution in [0, 0.1) is 0 Å². The molecule has 1 aromatic rings. The van der Waals surface area contributed by atoms with E-state index in [-0.39, 0.29) is 0 Å². The maximum absolute atomic E-state index is 11.3. The highest BCUT2D eigenvalue weighted by atomic mass is 32.1. The van der Waals surface area contributed by atoms with Crippen LogP contribution in [0.2, 0.25) is 0 Å². The van der Waals surface area contributed by atoms with Crippen molar-refractivity contribution in [2.24, 2.45) is 0 Å². The maximum Gasteiger partial charge on any atom is 0.413 e. The number of carbonyl (C=O) groups excluding carboxylic acids is 1. The second kappa shape index (κ2) is 7.66. The first-order valence-corrected chi connectivity index (χ1v) is 6.34. The van der Waals surface area contributed by atoms with Gasteiger partial charge >= 0.3 is 6.09 Å². The highest BCUT2D eigenvalue weighted by Crippen LogP contribution is 2.04. The van der Waals surface area contributed by atoms with Gasteiger partial charge in [-0.2, -0.15) is 0 Å². The molecule has 0 aliphatic carbocycles. The van der Waals surface area contributed by atoms with Gasteiger partial charge in [0.15, 0.2) is 5.11 Å². The van der Waals surface area contributed by atoms with Crippen molar-refractivity contribution in [3.05, 3.63) is 35.9 Å².